The number of piperidine rings is 1. The van der Waals surface area contributed by atoms with Crippen LogP contribution in [-0.4, -0.2) is 41.5 Å². The third-order valence-corrected chi connectivity index (χ3v) is 4.07. The highest BCUT2D eigenvalue weighted by atomic mass is 15.1. The van der Waals surface area contributed by atoms with Crippen LogP contribution in [-0.2, 0) is 5.41 Å². The Labute approximate surface area is 110 Å². The van der Waals surface area contributed by atoms with Crippen molar-refractivity contribution in [3.05, 3.63) is 17.7 Å². The fourth-order valence-electron chi connectivity index (χ4n) is 2.79. The van der Waals surface area contributed by atoms with Crippen LogP contribution >= 0.6 is 0 Å². The molecule has 1 saturated heterocycles. The fourth-order valence-corrected chi connectivity index (χ4v) is 2.79. The van der Waals surface area contributed by atoms with Crippen LogP contribution in [0.4, 0.5) is 0 Å². The molecule has 18 heavy (non-hydrogen) atoms. The quantitative estimate of drug-likeness (QED) is 0.857. The van der Waals surface area contributed by atoms with Gasteiger partial charge in [-0.3, -0.25) is 0 Å². The molecule has 2 heterocycles. The minimum absolute atomic E-state index is 0.0492. The first kappa shape index (κ1) is 13.6. The van der Waals surface area contributed by atoms with Gasteiger partial charge in [-0.2, -0.15) is 0 Å². The SMILES string of the molecule is CN1CCCC(c2cnc(C(C)(C)CCN)[nH]2)C1. The lowest BCUT2D eigenvalue weighted by molar-refractivity contribution is 0.248. The number of nitrogens with two attached hydrogens (primary N) is 1. The van der Waals surface area contributed by atoms with Gasteiger partial charge in [0.25, 0.3) is 0 Å². The van der Waals surface area contributed by atoms with Gasteiger partial charge in [-0.1, -0.05) is 13.8 Å². The molecule has 1 atom stereocenters. The molecule has 0 amide bonds. The number of nitrogens with zero attached hydrogens (tertiary/aromatic N) is 2. The van der Waals surface area contributed by atoms with Crippen molar-refractivity contribution in [3.63, 3.8) is 0 Å². The van der Waals surface area contributed by atoms with E-state index in [-0.39, 0.29) is 5.41 Å². The minimum atomic E-state index is 0.0492. The van der Waals surface area contributed by atoms with Gasteiger partial charge in [0, 0.05) is 29.8 Å². The number of aromatic nitrogens is 2. The highest BCUT2D eigenvalue weighted by Gasteiger charge is 2.26. The first-order chi connectivity index (χ1) is 8.53. The molecule has 3 N–H and O–H groups in total. The maximum absolute atomic E-state index is 5.67. The predicted molar refractivity (Wildman–Crippen MR) is 74.8 cm³/mol. The van der Waals surface area contributed by atoms with Crippen molar-refractivity contribution in [2.75, 3.05) is 26.7 Å². The third kappa shape index (κ3) is 2.93. The lowest BCUT2D eigenvalue weighted by Crippen LogP contribution is -2.31. The number of likely N-dealkylation sites (tertiary alicyclic amines) is 1. The number of nitrogens with one attached hydrogen (secondary N) is 1. The molecule has 0 spiro atoms. The Balaban J connectivity index is 2.10. The zero-order chi connectivity index (χ0) is 13.2. The van der Waals surface area contributed by atoms with Crippen LogP contribution in [0.5, 0.6) is 0 Å². The van der Waals surface area contributed by atoms with Crippen molar-refractivity contribution in [2.45, 2.75) is 44.4 Å². The maximum Gasteiger partial charge on any atom is 0.111 e. The number of hydrogen-bond acceptors (Lipinski definition) is 3. The van der Waals surface area contributed by atoms with Crippen molar-refractivity contribution in [1.82, 2.24) is 14.9 Å². The van der Waals surface area contributed by atoms with Crippen molar-refractivity contribution in [2.24, 2.45) is 5.73 Å². The Bertz CT molecular complexity index is 383. The Morgan fingerprint density at radius 2 is 2.33 bits per heavy atom. The second kappa shape index (κ2) is 5.41. The molecular formula is C14H26N4. The largest absolute Gasteiger partial charge is 0.345 e. The Hall–Kier alpha value is -0.870. The Morgan fingerprint density at radius 1 is 1.56 bits per heavy atom. The van der Waals surface area contributed by atoms with E-state index in [9.17, 15) is 0 Å². The van der Waals surface area contributed by atoms with Crippen molar-refractivity contribution in [1.29, 1.82) is 0 Å². The lowest BCUT2D eigenvalue weighted by atomic mass is 9.88. The summed E-state index contributed by atoms with van der Waals surface area (Å²) in [5, 5.41) is 0. The smallest absolute Gasteiger partial charge is 0.111 e. The predicted octanol–water partition coefficient (Wildman–Crippen LogP) is 1.85. The first-order valence-electron chi connectivity index (χ1n) is 6.97. The second-order valence-corrected chi connectivity index (χ2v) is 6.21. The summed E-state index contributed by atoms with van der Waals surface area (Å²) < 4.78 is 0. The molecule has 2 rings (SSSR count). The second-order valence-electron chi connectivity index (χ2n) is 6.21. The molecule has 1 fully saturated rings. The van der Waals surface area contributed by atoms with Crippen molar-refractivity contribution < 1.29 is 0 Å². The standard InChI is InChI=1S/C14H26N4/c1-14(2,6-7-15)13-16-9-12(17-13)11-5-4-8-18(3)10-11/h9,11H,4-8,10,15H2,1-3H3,(H,16,17). The number of likely N-dealkylation sites (N-methyl/N-ethyl adjacent to an activating group) is 1. The molecule has 1 aromatic heterocycles. The van der Waals surface area contributed by atoms with E-state index in [2.05, 4.69) is 35.8 Å². The molecule has 4 heteroatoms. The molecule has 0 bridgehead atoms. The van der Waals surface area contributed by atoms with Gasteiger partial charge in [0.1, 0.15) is 5.82 Å². The molecule has 0 saturated carbocycles. The summed E-state index contributed by atoms with van der Waals surface area (Å²) in [6.07, 6.45) is 5.53. The van der Waals surface area contributed by atoms with Gasteiger partial charge in [-0.05, 0) is 39.4 Å². The molecule has 0 radical (unpaired) electrons. The van der Waals surface area contributed by atoms with E-state index < -0.39 is 0 Å². The Kier molecular flexibility index (Phi) is 4.07. The van der Waals surface area contributed by atoms with Crippen LogP contribution in [0.2, 0.25) is 0 Å². The lowest BCUT2D eigenvalue weighted by Gasteiger charge is -2.29. The van der Waals surface area contributed by atoms with E-state index in [1.807, 2.05) is 6.20 Å². The zero-order valence-corrected chi connectivity index (χ0v) is 11.9. The number of aromatic amines is 1. The number of hydrogen-bond donors (Lipinski definition) is 2. The summed E-state index contributed by atoms with van der Waals surface area (Å²) in [6, 6.07) is 0. The highest BCUT2D eigenvalue weighted by molar-refractivity contribution is 5.14. The van der Waals surface area contributed by atoms with E-state index in [0.717, 1.165) is 18.8 Å². The van der Waals surface area contributed by atoms with E-state index >= 15 is 0 Å². The summed E-state index contributed by atoms with van der Waals surface area (Å²) in [6.45, 7) is 7.47. The van der Waals surface area contributed by atoms with Gasteiger partial charge >= 0.3 is 0 Å². The highest BCUT2D eigenvalue weighted by Crippen LogP contribution is 2.28. The van der Waals surface area contributed by atoms with Crippen LogP contribution in [0.1, 0.15) is 50.5 Å². The molecule has 0 aliphatic carbocycles. The van der Waals surface area contributed by atoms with E-state index in [4.69, 9.17) is 5.73 Å². The van der Waals surface area contributed by atoms with Gasteiger partial charge in [0.2, 0.25) is 0 Å². The van der Waals surface area contributed by atoms with Crippen LogP contribution in [0.25, 0.3) is 0 Å². The summed E-state index contributed by atoms with van der Waals surface area (Å²) in [5.41, 5.74) is 7.01. The van der Waals surface area contributed by atoms with Gasteiger partial charge in [0.05, 0.1) is 0 Å². The number of H-pyrrole nitrogens is 1. The summed E-state index contributed by atoms with van der Waals surface area (Å²) in [7, 11) is 2.20. The van der Waals surface area contributed by atoms with Crippen molar-refractivity contribution >= 4 is 0 Å². The summed E-state index contributed by atoms with van der Waals surface area (Å²) in [5.74, 6) is 1.69. The first-order valence-corrected chi connectivity index (χ1v) is 6.97. The van der Waals surface area contributed by atoms with Crippen LogP contribution in [0.15, 0.2) is 6.20 Å². The average molecular weight is 250 g/mol. The molecule has 1 aliphatic heterocycles. The topological polar surface area (TPSA) is 57.9 Å². The van der Waals surface area contributed by atoms with E-state index in [1.54, 1.807) is 0 Å². The average Bonchev–Trinajstić information content (AvgIpc) is 2.78. The summed E-state index contributed by atoms with van der Waals surface area (Å²) in [4.78, 5) is 10.5. The summed E-state index contributed by atoms with van der Waals surface area (Å²) >= 11 is 0. The fraction of sp³-hybridized carbons (Fsp3) is 0.786. The maximum atomic E-state index is 5.67. The normalized spacial score (nSPS) is 22.3. The molecule has 1 unspecified atom stereocenters. The molecule has 1 aliphatic rings. The zero-order valence-electron chi connectivity index (χ0n) is 11.9. The number of rotatable bonds is 4. The molecule has 1 aromatic rings. The van der Waals surface area contributed by atoms with Gasteiger partial charge in [0.15, 0.2) is 0 Å². The minimum Gasteiger partial charge on any atom is -0.345 e. The van der Waals surface area contributed by atoms with Gasteiger partial charge in [-0.25, -0.2) is 4.98 Å². The molecular weight excluding hydrogens is 224 g/mol. The molecule has 0 aromatic carbocycles. The Morgan fingerprint density at radius 3 is 3.00 bits per heavy atom. The van der Waals surface area contributed by atoms with E-state index in [1.165, 1.54) is 25.1 Å². The van der Waals surface area contributed by atoms with Crippen LogP contribution < -0.4 is 5.73 Å². The number of imidazole rings is 1. The molecule has 102 valence electrons. The van der Waals surface area contributed by atoms with Gasteiger partial charge in [-0.15, -0.1) is 0 Å². The van der Waals surface area contributed by atoms with Crippen molar-refractivity contribution in [3.8, 4) is 0 Å². The van der Waals surface area contributed by atoms with Gasteiger partial charge < -0.3 is 15.6 Å². The van der Waals surface area contributed by atoms with Crippen LogP contribution in [0.3, 0.4) is 0 Å². The van der Waals surface area contributed by atoms with Crippen LogP contribution in [0, 0.1) is 0 Å². The monoisotopic (exact) mass is 250 g/mol. The molecule has 4 nitrogen and oxygen atoms in total. The third-order valence-electron chi connectivity index (χ3n) is 4.07. The van der Waals surface area contributed by atoms with E-state index in [0.29, 0.717) is 12.5 Å².